The summed E-state index contributed by atoms with van der Waals surface area (Å²) in [5.74, 6) is 0.854. The average molecular weight is 296 g/mol. The molecule has 2 aromatic carbocycles. The smallest absolute Gasteiger partial charge is 0.187 e. The molecular formula is C17H16N2OS. The Balaban J connectivity index is 1.77. The third-order valence-corrected chi connectivity index (χ3v) is 3.95. The molecule has 3 nitrogen and oxygen atoms in total. The first kappa shape index (κ1) is 13.6. The zero-order chi connectivity index (χ0) is 14.7. The van der Waals surface area contributed by atoms with Gasteiger partial charge in [-0.1, -0.05) is 17.7 Å². The van der Waals surface area contributed by atoms with Crippen molar-refractivity contribution in [2.45, 2.75) is 6.92 Å². The van der Waals surface area contributed by atoms with E-state index in [0.717, 1.165) is 27.8 Å². The second-order valence-corrected chi connectivity index (χ2v) is 5.62. The molecule has 0 saturated heterocycles. The minimum atomic E-state index is 0.854. The molecule has 1 heterocycles. The zero-order valence-electron chi connectivity index (χ0n) is 12.0. The number of hydrogen-bond donors (Lipinski definition) is 1. The van der Waals surface area contributed by atoms with E-state index in [1.54, 1.807) is 18.4 Å². The lowest BCUT2D eigenvalue weighted by molar-refractivity contribution is 0.415. The summed E-state index contributed by atoms with van der Waals surface area (Å²) in [4.78, 5) is 4.62. The fourth-order valence-corrected chi connectivity index (χ4v) is 2.73. The van der Waals surface area contributed by atoms with Crippen LogP contribution in [-0.4, -0.2) is 12.1 Å². The van der Waals surface area contributed by atoms with Crippen molar-refractivity contribution in [3.05, 3.63) is 59.5 Å². The number of thiazole rings is 1. The molecule has 0 aliphatic rings. The van der Waals surface area contributed by atoms with Crippen molar-refractivity contribution in [1.29, 1.82) is 0 Å². The molecule has 1 aromatic heterocycles. The molecule has 0 radical (unpaired) electrons. The Morgan fingerprint density at radius 3 is 2.38 bits per heavy atom. The summed E-state index contributed by atoms with van der Waals surface area (Å²) in [6.45, 7) is 2.08. The van der Waals surface area contributed by atoms with Crippen LogP contribution in [0, 0.1) is 6.92 Å². The van der Waals surface area contributed by atoms with Crippen LogP contribution in [0.1, 0.15) is 5.56 Å². The van der Waals surface area contributed by atoms with Crippen molar-refractivity contribution in [2.24, 2.45) is 0 Å². The molecule has 0 unspecified atom stereocenters. The molecule has 0 aliphatic heterocycles. The fraction of sp³-hybridized carbons (Fsp3) is 0.118. The monoisotopic (exact) mass is 296 g/mol. The third-order valence-electron chi connectivity index (χ3n) is 3.19. The van der Waals surface area contributed by atoms with Crippen LogP contribution >= 0.6 is 11.3 Å². The topological polar surface area (TPSA) is 34.1 Å². The summed E-state index contributed by atoms with van der Waals surface area (Å²) in [7, 11) is 1.67. The van der Waals surface area contributed by atoms with Crippen molar-refractivity contribution in [2.75, 3.05) is 12.4 Å². The highest BCUT2D eigenvalue weighted by Crippen LogP contribution is 2.28. The van der Waals surface area contributed by atoms with Crippen LogP contribution < -0.4 is 10.1 Å². The first-order chi connectivity index (χ1) is 10.2. The van der Waals surface area contributed by atoms with E-state index in [9.17, 15) is 0 Å². The lowest BCUT2D eigenvalue weighted by Gasteiger charge is -2.03. The van der Waals surface area contributed by atoms with Crippen molar-refractivity contribution < 1.29 is 4.74 Å². The molecule has 4 heteroatoms. The molecule has 0 bridgehead atoms. The second-order valence-electron chi connectivity index (χ2n) is 4.76. The molecule has 3 aromatic rings. The van der Waals surface area contributed by atoms with E-state index in [1.807, 2.05) is 24.3 Å². The van der Waals surface area contributed by atoms with Crippen molar-refractivity contribution in [3.63, 3.8) is 0 Å². The Morgan fingerprint density at radius 2 is 1.71 bits per heavy atom. The van der Waals surface area contributed by atoms with Gasteiger partial charge in [-0.25, -0.2) is 4.98 Å². The molecule has 0 atom stereocenters. The van der Waals surface area contributed by atoms with Gasteiger partial charge in [0.05, 0.1) is 12.8 Å². The number of benzene rings is 2. The third kappa shape index (κ3) is 3.23. The molecule has 0 aliphatic carbocycles. The van der Waals surface area contributed by atoms with Gasteiger partial charge >= 0.3 is 0 Å². The highest BCUT2D eigenvalue weighted by molar-refractivity contribution is 7.14. The van der Waals surface area contributed by atoms with Crippen LogP contribution in [-0.2, 0) is 0 Å². The highest BCUT2D eigenvalue weighted by Gasteiger charge is 2.05. The Hall–Kier alpha value is -2.33. The Bertz CT molecular complexity index is 717. The SMILES string of the molecule is COc1ccc(-c2csc(Nc3ccc(C)cc3)n2)cc1. The summed E-state index contributed by atoms with van der Waals surface area (Å²) in [5, 5.41) is 6.27. The predicted molar refractivity (Wildman–Crippen MR) is 88.6 cm³/mol. The van der Waals surface area contributed by atoms with Gasteiger partial charge in [-0.05, 0) is 43.3 Å². The zero-order valence-corrected chi connectivity index (χ0v) is 12.8. The van der Waals surface area contributed by atoms with Crippen molar-refractivity contribution >= 4 is 22.2 Å². The lowest BCUT2D eigenvalue weighted by Crippen LogP contribution is -1.89. The van der Waals surface area contributed by atoms with Crippen molar-refractivity contribution in [1.82, 2.24) is 4.98 Å². The molecule has 0 amide bonds. The van der Waals surface area contributed by atoms with E-state index in [-0.39, 0.29) is 0 Å². The van der Waals surface area contributed by atoms with E-state index in [1.165, 1.54) is 5.56 Å². The fourth-order valence-electron chi connectivity index (χ4n) is 1.99. The standard InChI is InChI=1S/C17H16N2OS/c1-12-3-7-14(8-4-12)18-17-19-16(11-21-17)13-5-9-15(20-2)10-6-13/h3-11H,1-2H3,(H,18,19). The van der Waals surface area contributed by atoms with E-state index in [4.69, 9.17) is 4.74 Å². The number of methoxy groups -OCH3 is 1. The Labute approximate surface area is 128 Å². The summed E-state index contributed by atoms with van der Waals surface area (Å²) in [6, 6.07) is 16.2. The summed E-state index contributed by atoms with van der Waals surface area (Å²) < 4.78 is 5.17. The Morgan fingerprint density at radius 1 is 1.00 bits per heavy atom. The van der Waals surface area contributed by atoms with Gasteiger partial charge in [-0.15, -0.1) is 11.3 Å². The highest BCUT2D eigenvalue weighted by atomic mass is 32.1. The number of aromatic nitrogens is 1. The minimum Gasteiger partial charge on any atom is -0.497 e. The second kappa shape index (κ2) is 5.97. The van der Waals surface area contributed by atoms with Crippen LogP contribution in [0.5, 0.6) is 5.75 Å². The van der Waals surface area contributed by atoms with Crippen LogP contribution in [0.4, 0.5) is 10.8 Å². The van der Waals surface area contributed by atoms with Crippen LogP contribution in [0.2, 0.25) is 0 Å². The van der Waals surface area contributed by atoms with E-state index < -0.39 is 0 Å². The van der Waals surface area contributed by atoms with Gasteiger partial charge in [-0.2, -0.15) is 0 Å². The van der Waals surface area contributed by atoms with Crippen molar-refractivity contribution in [3.8, 4) is 17.0 Å². The molecule has 0 fully saturated rings. The molecule has 1 N–H and O–H groups in total. The van der Waals surface area contributed by atoms with Crippen LogP contribution in [0.15, 0.2) is 53.9 Å². The molecule has 3 rings (SSSR count). The summed E-state index contributed by atoms with van der Waals surface area (Å²) in [6.07, 6.45) is 0. The normalized spacial score (nSPS) is 10.4. The molecule has 0 saturated carbocycles. The Kier molecular flexibility index (Phi) is 3.88. The lowest BCUT2D eigenvalue weighted by atomic mass is 10.2. The maximum Gasteiger partial charge on any atom is 0.187 e. The largest absolute Gasteiger partial charge is 0.497 e. The first-order valence-electron chi connectivity index (χ1n) is 6.68. The minimum absolute atomic E-state index is 0.854. The number of ether oxygens (including phenoxy) is 1. The van der Waals surface area contributed by atoms with E-state index >= 15 is 0 Å². The number of aryl methyl sites for hydroxylation is 1. The predicted octanol–water partition coefficient (Wildman–Crippen LogP) is 4.87. The van der Waals surface area contributed by atoms with Crippen LogP contribution in [0.3, 0.4) is 0 Å². The van der Waals surface area contributed by atoms with Gasteiger partial charge in [0, 0.05) is 16.6 Å². The van der Waals surface area contributed by atoms with Gasteiger partial charge < -0.3 is 10.1 Å². The van der Waals surface area contributed by atoms with Gasteiger partial charge in [0.1, 0.15) is 5.75 Å². The molecule has 0 spiro atoms. The number of nitrogens with one attached hydrogen (secondary N) is 1. The van der Waals surface area contributed by atoms with Gasteiger partial charge in [0.25, 0.3) is 0 Å². The number of hydrogen-bond acceptors (Lipinski definition) is 4. The molecular weight excluding hydrogens is 280 g/mol. The summed E-state index contributed by atoms with van der Waals surface area (Å²) in [5.41, 5.74) is 4.36. The molecule has 106 valence electrons. The average Bonchev–Trinajstić information content (AvgIpc) is 2.98. The number of anilines is 2. The van der Waals surface area contributed by atoms with Crippen LogP contribution in [0.25, 0.3) is 11.3 Å². The van der Waals surface area contributed by atoms with Gasteiger partial charge in [-0.3, -0.25) is 0 Å². The summed E-state index contributed by atoms with van der Waals surface area (Å²) >= 11 is 1.60. The maximum atomic E-state index is 5.17. The molecule has 21 heavy (non-hydrogen) atoms. The first-order valence-corrected chi connectivity index (χ1v) is 7.56. The van der Waals surface area contributed by atoms with E-state index in [2.05, 4.69) is 46.9 Å². The van der Waals surface area contributed by atoms with Gasteiger partial charge in [0.2, 0.25) is 0 Å². The maximum absolute atomic E-state index is 5.17. The number of rotatable bonds is 4. The number of nitrogens with zero attached hydrogens (tertiary/aromatic N) is 1. The van der Waals surface area contributed by atoms with Gasteiger partial charge in [0.15, 0.2) is 5.13 Å². The quantitative estimate of drug-likeness (QED) is 0.745. The van der Waals surface area contributed by atoms with E-state index in [0.29, 0.717) is 0 Å².